The Hall–Kier alpha value is -6.38. The molecule has 16 heteroatoms. The summed E-state index contributed by atoms with van der Waals surface area (Å²) in [6, 6.07) is 51.4. The predicted octanol–water partition coefficient (Wildman–Crippen LogP) is 15.5. The standard InChI is InChI=1S/C62H60O14P2/c1-41-39-43-19-3-5-21-45(43)55(57(41)75-77(71-51-27-11-7-23-47(51)59-63-31-15-32-64-59)72-52-28-12-8-24-48(52)60-65-33-16-34-66-60)56-46-22-6-4-20-44(46)40-42(2)58(56)76-78(73-53-29-13-9-25-49(53)61-67-35-17-36-68-61)74-54-30-14-10-26-50(54)62-69-37-18-38-70-62/h3-14,19-30,39-40,59-62H,15-18,31-38H2,1-2H3. The fourth-order valence-corrected chi connectivity index (χ4v) is 12.3. The van der Waals surface area contributed by atoms with Gasteiger partial charge in [0, 0.05) is 11.1 Å². The SMILES string of the molecule is Cc1cc2ccccc2c(-c2c(OP(Oc3ccccc3C3OCCCO3)Oc3ccccc3C3OCCCO3)c(C)cc3ccccc23)c1OP(Oc1ccccc1C1OCCCO1)Oc1ccccc1C1OCCCO1. The van der Waals surface area contributed by atoms with Gasteiger partial charge in [0.15, 0.2) is 25.2 Å². The first-order chi connectivity index (χ1) is 38.5. The van der Waals surface area contributed by atoms with Gasteiger partial charge in [-0.25, -0.2) is 0 Å². The third kappa shape index (κ3) is 11.7. The molecule has 402 valence electrons. The van der Waals surface area contributed by atoms with Gasteiger partial charge in [-0.3, -0.25) is 0 Å². The maximum absolute atomic E-state index is 7.43. The van der Waals surface area contributed by atoms with E-state index in [9.17, 15) is 0 Å². The summed E-state index contributed by atoms with van der Waals surface area (Å²) in [6.07, 6.45) is 0.565. The highest BCUT2D eigenvalue weighted by Gasteiger charge is 2.35. The van der Waals surface area contributed by atoms with Gasteiger partial charge in [0.25, 0.3) is 0 Å². The van der Waals surface area contributed by atoms with E-state index in [1.54, 1.807) is 0 Å². The average Bonchev–Trinajstić information content (AvgIpc) is 3.61. The molecule has 0 bridgehead atoms. The van der Waals surface area contributed by atoms with Crippen LogP contribution in [0.2, 0.25) is 0 Å². The molecule has 0 radical (unpaired) electrons. The highest BCUT2D eigenvalue weighted by molar-refractivity contribution is 7.43. The summed E-state index contributed by atoms with van der Waals surface area (Å²) >= 11 is 0. The van der Waals surface area contributed by atoms with Gasteiger partial charge < -0.3 is 65.0 Å². The topological polar surface area (TPSA) is 129 Å². The molecule has 4 saturated heterocycles. The van der Waals surface area contributed by atoms with Gasteiger partial charge in [-0.15, -0.1) is 0 Å². The summed E-state index contributed by atoms with van der Waals surface area (Å²) in [6.45, 7) is 8.46. The van der Waals surface area contributed by atoms with Crippen molar-refractivity contribution in [3.8, 4) is 45.6 Å². The van der Waals surface area contributed by atoms with Gasteiger partial charge in [-0.1, -0.05) is 121 Å². The lowest BCUT2D eigenvalue weighted by molar-refractivity contribution is -0.183. The van der Waals surface area contributed by atoms with Crippen LogP contribution in [-0.4, -0.2) is 52.9 Å². The quantitative estimate of drug-likeness (QED) is 0.0802. The Kier molecular flexibility index (Phi) is 16.6. The molecule has 0 amide bonds. The Morgan fingerprint density at radius 1 is 0.321 bits per heavy atom. The Balaban J connectivity index is 1.02. The van der Waals surface area contributed by atoms with E-state index in [0.29, 0.717) is 110 Å². The van der Waals surface area contributed by atoms with E-state index < -0.39 is 42.4 Å². The maximum atomic E-state index is 7.43. The van der Waals surface area contributed by atoms with E-state index in [0.717, 1.165) is 69.5 Å². The third-order valence-corrected chi connectivity index (χ3v) is 15.7. The molecule has 8 aromatic rings. The van der Waals surface area contributed by atoms with Crippen LogP contribution in [0, 0.1) is 13.8 Å². The van der Waals surface area contributed by atoms with Crippen LogP contribution >= 0.6 is 17.2 Å². The second-order valence-electron chi connectivity index (χ2n) is 19.1. The molecule has 8 aromatic carbocycles. The molecular formula is C62H60O14P2. The van der Waals surface area contributed by atoms with Gasteiger partial charge >= 0.3 is 17.2 Å². The first-order valence-corrected chi connectivity index (χ1v) is 28.7. The summed E-state index contributed by atoms with van der Waals surface area (Å²) in [5.41, 5.74) is 5.94. The van der Waals surface area contributed by atoms with Gasteiger partial charge in [0.1, 0.15) is 34.5 Å². The van der Waals surface area contributed by atoms with Crippen LogP contribution in [0.3, 0.4) is 0 Å². The maximum Gasteiger partial charge on any atom is 0.530 e. The molecule has 0 spiro atoms. The number of rotatable bonds is 17. The minimum Gasteiger partial charge on any atom is -0.408 e. The predicted molar refractivity (Wildman–Crippen MR) is 297 cm³/mol. The molecule has 0 N–H and O–H groups in total. The first-order valence-electron chi connectivity index (χ1n) is 26.5. The van der Waals surface area contributed by atoms with Crippen LogP contribution in [-0.2, 0) is 37.9 Å². The van der Waals surface area contributed by atoms with Crippen molar-refractivity contribution in [2.24, 2.45) is 0 Å². The Morgan fingerprint density at radius 3 is 0.872 bits per heavy atom. The molecule has 14 nitrogen and oxygen atoms in total. The minimum absolute atomic E-state index is 0.483. The second kappa shape index (κ2) is 24.7. The van der Waals surface area contributed by atoms with E-state index in [4.69, 9.17) is 65.0 Å². The van der Waals surface area contributed by atoms with Crippen molar-refractivity contribution in [2.75, 3.05) is 52.9 Å². The van der Waals surface area contributed by atoms with E-state index in [1.165, 1.54) is 0 Å². The van der Waals surface area contributed by atoms with Crippen molar-refractivity contribution in [3.63, 3.8) is 0 Å². The smallest absolute Gasteiger partial charge is 0.408 e. The van der Waals surface area contributed by atoms with Crippen LogP contribution < -0.4 is 27.1 Å². The molecule has 0 saturated carbocycles. The summed E-state index contributed by atoms with van der Waals surface area (Å²) in [5, 5.41) is 3.74. The van der Waals surface area contributed by atoms with Crippen LogP contribution in [0.25, 0.3) is 32.7 Å². The molecule has 12 rings (SSSR count). The molecule has 78 heavy (non-hydrogen) atoms. The monoisotopic (exact) mass is 1090 g/mol. The van der Waals surface area contributed by atoms with Gasteiger partial charge in [0.2, 0.25) is 0 Å². The molecule has 0 aromatic heterocycles. The number of aryl methyl sites for hydroxylation is 2. The number of fused-ring (bicyclic) bond motifs is 2. The molecule has 4 heterocycles. The highest BCUT2D eigenvalue weighted by atomic mass is 31.2. The lowest BCUT2D eigenvalue weighted by atomic mass is 9.89. The molecule has 4 fully saturated rings. The molecular weight excluding hydrogens is 1030 g/mol. The summed E-state index contributed by atoms with van der Waals surface area (Å²) in [4.78, 5) is 0. The zero-order valence-electron chi connectivity index (χ0n) is 43.4. The first kappa shape index (κ1) is 52.3. The van der Waals surface area contributed by atoms with Gasteiger partial charge in [-0.2, -0.15) is 0 Å². The van der Waals surface area contributed by atoms with E-state index in [-0.39, 0.29) is 0 Å². The number of hydrogen-bond acceptors (Lipinski definition) is 14. The fourth-order valence-electron chi connectivity index (χ4n) is 9.95. The lowest BCUT2D eigenvalue weighted by Crippen LogP contribution is -2.19. The molecule has 0 unspecified atom stereocenters. The van der Waals surface area contributed by atoms with Crippen molar-refractivity contribution in [1.82, 2.24) is 0 Å². The second-order valence-corrected chi connectivity index (χ2v) is 21.1. The third-order valence-electron chi connectivity index (χ3n) is 13.6. The Morgan fingerprint density at radius 2 is 0.577 bits per heavy atom. The Labute approximate surface area is 456 Å². The molecule has 0 aliphatic carbocycles. The van der Waals surface area contributed by atoms with Gasteiger partial charge in [0.05, 0.1) is 75.1 Å². The summed E-state index contributed by atoms with van der Waals surface area (Å²) < 4.78 is 92.2. The lowest BCUT2D eigenvalue weighted by Gasteiger charge is -2.29. The van der Waals surface area contributed by atoms with Crippen LogP contribution in [0.4, 0.5) is 0 Å². The zero-order chi connectivity index (χ0) is 52.6. The normalized spacial score (nSPS) is 17.1. The van der Waals surface area contributed by atoms with Crippen LogP contribution in [0.5, 0.6) is 34.5 Å². The number of hydrogen-bond donors (Lipinski definition) is 0. The molecule has 4 aliphatic heterocycles. The van der Waals surface area contributed by atoms with Crippen molar-refractivity contribution >= 4 is 38.7 Å². The van der Waals surface area contributed by atoms with Crippen LogP contribution in [0.15, 0.2) is 158 Å². The minimum atomic E-state index is -2.36. The zero-order valence-corrected chi connectivity index (χ0v) is 45.2. The Bertz CT molecular complexity index is 2990. The number of benzene rings is 8. The number of para-hydroxylation sites is 4. The highest BCUT2D eigenvalue weighted by Crippen LogP contribution is 2.57. The largest absolute Gasteiger partial charge is 0.530 e. The molecule has 4 aliphatic rings. The summed E-state index contributed by atoms with van der Waals surface area (Å²) in [7, 11) is -4.73. The van der Waals surface area contributed by atoms with Crippen LogP contribution in [0.1, 0.15) is 84.2 Å². The van der Waals surface area contributed by atoms with Crippen molar-refractivity contribution in [1.29, 1.82) is 0 Å². The molecule has 0 atom stereocenters. The van der Waals surface area contributed by atoms with E-state index in [2.05, 4.69) is 36.4 Å². The fraction of sp³-hybridized carbons (Fsp3) is 0.290. The number of ether oxygens (including phenoxy) is 8. The summed E-state index contributed by atoms with van der Waals surface area (Å²) in [5.74, 6) is 2.94. The van der Waals surface area contributed by atoms with E-state index in [1.807, 2.05) is 135 Å². The van der Waals surface area contributed by atoms with Crippen molar-refractivity contribution < 1.29 is 65.0 Å². The average molecular weight is 1090 g/mol. The van der Waals surface area contributed by atoms with Crippen molar-refractivity contribution in [3.05, 3.63) is 191 Å². The van der Waals surface area contributed by atoms with E-state index >= 15 is 0 Å². The van der Waals surface area contributed by atoms with Gasteiger partial charge in [-0.05, 0) is 109 Å². The van der Waals surface area contributed by atoms with Crippen molar-refractivity contribution in [2.45, 2.75) is 64.7 Å².